The summed E-state index contributed by atoms with van der Waals surface area (Å²) in [6.07, 6.45) is 6.46. The lowest BCUT2D eigenvalue weighted by atomic mass is 9.97. The topological polar surface area (TPSA) is 68.9 Å². The third-order valence-corrected chi connectivity index (χ3v) is 5.25. The number of benzene rings is 1. The molecule has 6 nitrogen and oxygen atoms in total. The number of aryl methyl sites for hydroxylation is 3. The van der Waals surface area contributed by atoms with Crippen LogP contribution in [0.15, 0.2) is 41.3 Å². The molecule has 6 heteroatoms. The number of rotatable bonds is 5. The molecule has 0 radical (unpaired) electrons. The molecule has 1 amide bonds. The molecule has 3 aromatic rings. The highest BCUT2D eigenvalue weighted by Crippen LogP contribution is 2.20. The number of amides is 1. The van der Waals surface area contributed by atoms with Gasteiger partial charge in [-0.1, -0.05) is 18.2 Å². The van der Waals surface area contributed by atoms with Crippen LogP contribution in [-0.4, -0.2) is 26.8 Å². The molecule has 0 atom stereocenters. The monoisotopic (exact) mass is 364 g/mol. The van der Waals surface area contributed by atoms with Crippen LogP contribution >= 0.6 is 0 Å². The van der Waals surface area contributed by atoms with E-state index in [2.05, 4.69) is 10.4 Å². The second-order valence-electron chi connectivity index (χ2n) is 7.19. The fourth-order valence-corrected chi connectivity index (χ4v) is 3.86. The third kappa shape index (κ3) is 3.65. The summed E-state index contributed by atoms with van der Waals surface area (Å²) >= 11 is 0. The maximum absolute atomic E-state index is 12.3. The summed E-state index contributed by atoms with van der Waals surface area (Å²) in [5.41, 5.74) is 4.16. The normalized spacial score (nSPS) is 13.5. The van der Waals surface area contributed by atoms with Gasteiger partial charge in [0.25, 0.3) is 5.56 Å². The molecule has 1 aliphatic carbocycles. The van der Waals surface area contributed by atoms with E-state index in [4.69, 9.17) is 0 Å². The average molecular weight is 364 g/mol. The number of carbonyl (C=O) groups is 1. The van der Waals surface area contributed by atoms with Crippen molar-refractivity contribution in [2.45, 2.75) is 38.6 Å². The summed E-state index contributed by atoms with van der Waals surface area (Å²) in [5, 5.41) is 8.50. The van der Waals surface area contributed by atoms with Gasteiger partial charge in [0, 0.05) is 36.8 Å². The molecular weight excluding hydrogens is 340 g/mol. The number of nitrogens with one attached hydrogen (secondary N) is 1. The first-order valence-corrected chi connectivity index (χ1v) is 9.51. The van der Waals surface area contributed by atoms with Crippen LogP contribution in [0.5, 0.6) is 0 Å². The lowest BCUT2D eigenvalue weighted by Crippen LogP contribution is -2.33. The van der Waals surface area contributed by atoms with E-state index in [1.54, 1.807) is 6.07 Å². The van der Waals surface area contributed by atoms with Crippen molar-refractivity contribution in [2.24, 2.45) is 7.05 Å². The van der Waals surface area contributed by atoms with Crippen molar-refractivity contribution in [1.29, 1.82) is 0 Å². The van der Waals surface area contributed by atoms with E-state index in [9.17, 15) is 9.59 Å². The molecule has 2 aromatic heterocycles. The number of hydrogen-bond acceptors (Lipinski definition) is 3. The maximum Gasteiger partial charge on any atom is 0.267 e. The Balaban J connectivity index is 1.38. The summed E-state index contributed by atoms with van der Waals surface area (Å²) in [5.74, 6) is -0.0441. The van der Waals surface area contributed by atoms with Gasteiger partial charge in [-0.3, -0.25) is 9.59 Å². The fourth-order valence-electron chi connectivity index (χ4n) is 3.86. The molecule has 0 spiro atoms. The van der Waals surface area contributed by atoms with Crippen molar-refractivity contribution in [2.75, 3.05) is 6.54 Å². The minimum absolute atomic E-state index is 0.0441. The van der Waals surface area contributed by atoms with E-state index in [0.717, 1.165) is 53.4 Å². The van der Waals surface area contributed by atoms with E-state index in [-0.39, 0.29) is 11.5 Å². The van der Waals surface area contributed by atoms with Crippen LogP contribution in [0.2, 0.25) is 0 Å². The van der Waals surface area contributed by atoms with Gasteiger partial charge in [0.2, 0.25) is 5.91 Å². The van der Waals surface area contributed by atoms with Gasteiger partial charge in [0.1, 0.15) is 0 Å². The standard InChI is InChI=1S/C21H24N4O2/c1-24-14-16(17-7-3-5-9-19(17)24)12-20(26)22-10-11-25-21(27)13-15-6-2-4-8-18(15)23-25/h3,5,7,9,13-14H,2,4,6,8,10-12H2,1H3,(H,22,26). The Labute approximate surface area is 157 Å². The van der Waals surface area contributed by atoms with Crippen molar-refractivity contribution >= 4 is 16.8 Å². The first-order valence-electron chi connectivity index (χ1n) is 9.51. The molecule has 27 heavy (non-hydrogen) atoms. The van der Waals surface area contributed by atoms with Crippen molar-refractivity contribution in [3.8, 4) is 0 Å². The highest BCUT2D eigenvalue weighted by Gasteiger charge is 2.14. The predicted molar refractivity (Wildman–Crippen MR) is 105 cm³/mol. The summed E-state index contributed by atoms with van der Waals surface area (Å²) in [6.45, 7) is 0.794. The Morgan fingerprint density at radius 3 is 2.93 bits per heavy atom. The lowest BCUT2D eigenvalue weighted by molar-refractivity contribution is -0.120. The van der Waals surface area contributed by atoms with Gasteiger partial charge < -0.3 is 9.88 Å². The number of hydrogen-bond donors (Lipinski definition) is 1. The van der Waals surface area contributed by atoms with Crippen molar-refractivity contribution < 1.29 is 4.79 Å². The highest BCUT2D eigenvalue weighted by atomic mass is 16.1. The minimum Gasteiger partial charge on any atom is -0.354 e. The summed E-state index contributed by atoms with van der Waals surface area (Å²) in [6, 6.07) is 9.77. The minimum atomic E-state index is -0.0843. The Morgan fingerprint density at radius 1 is 1.22 bits per heavy atom. The van der Waals surface area contributed by atoms with Crippen LogP contribution in [0.25, 0.3) is 10.9 Å². The molecule has 0 unspecified atom stereocenters. The summed E-state index contributed by atoms with van der Waals surface area (Å²) in [7, 11) is 1.98. The zero-order chi connectivity index (χ0) is 18.8. The third-order valence-electron chi connectivity index (χ3n) is 5.25. The van der Waals surface area contributed by atoms with Crippen LogP contribution in [0.3, 0.4) is 0 Å². The van der Waals surface area contributed by atoms with Gasteiger partial charge in [-0.25, -0.2) is 4.68 Å². The van der Waals surface area contributed by atoms with Crippen LogP contribution in [0, 0.1) is 0 Å². The number of para-hydroxylation sites is 1. The molecule has 0 saturated heterocycles. The number of fused-ring (bicyclic) bond motifs is 2. The zero-order valence-corrected chi connectivity index (χ0v) is 15.6. The van der Waals surface area contributed by atoms with Crippen molar-refractivity contribution in [1.82, 2.24) is 19.7 Å². The first-order chi connectivity index (χ1) is 13.1. The number of nitrogens with zero attached hydrogens (tertiary/aromatic N) is 3. The molecule has 2 heterocycles. The molecule has 0 bridgehead atoms. The Bertz CT molecular complexity index is 1050. The van der Waals surface area contributed by atoms with Crippen LogP contribution < -0.4 is 10.9 Å². The predicted octanol–water partition coefficient (Wildman–Crippen LogP) is 1.97. The van der Waals surface area contributed by atoms with E-state index < -0.39 is 0 Å². The van der Waals surface area contributed by atoms with E-state index in [1.165, 1.54) is 4.68 Å². The van der Waals surface area contributed by atoms with Crippen molar-refractivity contribution in [3.05, 3.63) is 63.7 Å². The van der Waals surface area contributed by atoms with Crippen LogP contribution in [0.4, 0.5) is 0 Å². The molecule has 140 valence electrons. The van der Waals surface area contributed by atoms with Gasteiger partial charge in [0.05, 0.1) is 18.7 Å². The molecular formula is C21H24N4O2. The second-order valence-corrected chi connectivity index (χ2v) is 7.19. The van der Waals surface area contributed by atoms with Gasteiger partial charge in [-0.05, 0) is 42.9 Å². The van der Waals surface area contributed by atoms with Gasteiger partial charge in [-0.15, -0.1) is 0 Å². The Hall–Kier alpha value is -2.89. The molecule has 0 saturated carbocycles. The first kappa shape index (κ1) is 17.5. The van der Waals surface area contributed by atoms with Gasteiger partial charge in [0.15, 0.2) is 0 Å². The summed E-state index contributed by atoms with van der Waals surface area (Å²) in [4.78, 5) is 24.5. The Kier molecular flexibility index (Phi) is 4.79. The zero-order valence-electron chi connectivity index (χ0n) is 15.6. The van der Waals surface area contributed by atoms with E-state index in [1.807, 2.05) is 42.1 Å². The van der Waals surface area contributed by atoms with Crippen molar-refractivity contribution in [3.63, 3.8) is 0 Å². The molecule has 0 aliphatic heterocycles. The Morgan fingerprint density at radius 2 is 2.04 bits per heavy atom. The second kappa shape index (κ2) is 7.39. The molecule has 4 rings (SSSR count). The summed E-state index contributed by atoms with van der Waals surface area (Å²) < 4.78 is 3.51. The van der Waals surface area contributed by atoms with E-state index >= 15 is 0 Å². The molecule has 1 N–H and O–H groups in total. The largest absolute Gasteiger partial charge is 0.354 e. The molecule has 1 aromatic carbocycles. The highest BCUT2D eigenvalue weighted by molar-refractivity contribution is 5.89. The average Bonchev–Trinajstić information content (AvgIpc) is 2.98. The quantitative estimate of drug-likeness (QED) is 0.753. The lowest BCUT2D eigenvalue weighted by Gasteiger charge is -2.16. The fraction of sp³-hybridized carbons (Fsp3) is 0.381. The van der Waals surface area contributed by atoms with Gasteiger partial charge in [-0.2, -0.15) is 5.10 Å². The van der Waals surface area contributed by atoms with Crippen LogP contribution in [-0.2, 0) is 37.6 Å². The molecule has 1 aliphatic rings. The molecule has 0 fully saturated rings. The van der Waals surface area contributed by atoms with Gasteiger partial charge >= 0.3 is 0 Å². The number of aromatic nitrogens is 3. The SMILES string of the molecule is Cn1cc(CC(=O)NCCn2nc3c(cc2=O)CCCC3)c2ccccc21. The number of carbonyl (C=O) groups excluding carboxylic acids is 1. The maximum atomic E-state index is 12.3. The van der Waals surface area contributed by atoms with Crippen LogP contribution in [0.1, 0.15) is 29.7 Å². The smallest absolute Gasteiger partial charge is 0.267 e. The van der Waals surface area contributed by atoms with E-state index in [0.29, 0.717) is 19.5 Å².